The second-order valence-corrected chi connectivity index (χ2v) is 4.36. The molecule has 0 saturated heterocycles. The number of anilines is 2. The molecule has 5 nitrogen and oxygen atoms in total. The van der Waals surface area contributed by atoms with Crippen LogP contribution in [0.1, 0.15) is 11.1 Å². The van der Waals surface area contributed by atoms with Gasteiger partial charge in [0.1, 0.15) is 0 Å². The third-order valence-corrected chi connectivity index (χ3v) is 2.87. The van der Waals surface area contributed by atoms with Crippen molar-refractivity contribution < 1.29 is 9.53 Å². The molecule has 0 saturated carbocycles. The van der Waals surface area contributed by atoms with E-state index in [9.17, 15) is 4.79 Å². The van der Waals surface area contributed by atoms with Crippen LogP contribution in [0.4, 0.5) is 16.2 Å². The highest BCUT2D eigenvalue weighted by Crippen LogP contribution is 2.16. The van der Waals surface area contributed by atoms with Crippen LogP contribution in [0.3, 0.4) is 0 Å². The number of hydrogen-bond acceptors (Lipinski definition) is 4. The molecule has 0 aliphatic carbocycles. The topological polar surface area (TPSA) is 74.2 Å². The van der Waals surface area contributed by atoms with Gasteiger partial charge in [-0.15, -0.1) is 0 Å². The van der Waals surface area contributed by atoms with Crippen LogP contribution in [0, 0.1) is 11.3 Å². The molecule has 0 radical (unpaired) electrons. The zero-order chi connectivity index (χ0) is 15.1. The summed E-state index contributed by atoms with van der Waals surface area (Å²) in [6.07, 6.45) is -0.501. The number of benzene rings is 2. The molecule has 0 fully saturated rings. The first-order valence-corrected chi connectivity index (χ1v) is 6.39. The van der Waals surface area contributed by atoms with Crippen LogP contribution in [0.5, 0.6) is 0 Å². The lowest BCUT2D eigenvalue weighted by molar-refractivity contribution is 0.187. The molecule has 0 aromatic heterocycles. The molecule has 0 bridgehead atoms. The van der Waals surface area contributed by atoms with E-state index in [0.29, 0.717) is 17.8 Å². The molecule has 2 aromatic rings. The maximum absolute atomic E-state index is 11.2. The van der Waals surface area contributed by atoms with E-state index in [1.165, 1.54) is 7.11 Å². The Bertz CT molecular complexity index is 660. The molecule has 1 amide bonds. The van der Waals surface area contributed by atoms with Crippen molar-refractivity contribution in [1.29, 1.82) is 5.26 Å². The average molecular weight is 281 g/mol. The van der Waals surface area contributed by atoms with Gasteiger partial charge in [0.2, 0.25) is 0 Å². The molecule has 0 heterocycles. The standard InChI is InChI=1S/C16H15N3O2/c1-21-16(20)19-15-4-2-3-14(9-15)18-11-13-7-5-12(10-17)6-8-13/h2-9,18H,11H2,1H3,(H,19,20). The van der Waals surface area contributed by atoms with Crippen molar-refractivity contribution in [2.24, 2.45) is 0 Å². The van der Waals surface area contributed by atoms with Crippen LogP contribution >= 0.6 is 0 Å². The molecular formula is C16H15N3O2. The van der Waals surface area contributed by atoms with Gasteiger partial charge < -0.3 is 10.1 Å². The minimum absolute atomic E-state index is 0.501. The van der Waals surface area contributed by atoms with Crippen LogP contribution in [0.15, 0.2) is 48.5 Å². The largest absolute Gasteiger partial charge is 0.453 e. The van der Waals surface area contributed by atoms with Crippen molar-refractivity contribution in [3.8, 4) is 6.07 Å². The Morgan fingerprint density at radius 2 is 1.90 bits per heavy atom. The lowest BCUT2D eigenvalue weighted by atomic mass is 10.1. The molecule has 0 aliphatic heterocycles. The van der Waals surface area contributed by atoms with Crippen LogP contribution in [0.2, 0.25) is 0 Å². The van der Waals surface area contributed by atoms with Crippen molar-refractivity contribution >= 4 is 17.5 Å². The predicted octanol–water partition coefficient (Wildman–Crippen LogP) is 3.35. The number of nitrogens with one attached hydrogen (secondary N) is 2. The van der Waals surface area contributed by atoms with Crippen molar-refractivity contribution in [3.05, 3.63) is 59.7 Å². The van der Waals surface area contributed by atoms with Gasteiger partial charge in [0.25, 0.3) is 0 Å². The molecular weight excluding hydrogens is 266 g/mol. The van der Waals surface area contributed by atoms with E-state index in [1.807, 2.05) is 30.3 Å². The first-order valence-electron chi connectivity index (χ1n) is 6.39. The normalized spacial score (nSPS) is 9.52. The van der Waals surface area contributed by atoms with E-state index in [4.69, 9.17) is 5.26 Å². The molecule has 2 aromatic carbocycles. The van der Waals surface area contributed by atoms with Gasteiger partial charge >= 0.3 is 6.09 Å². The highest BCUT2D eigenvalue weighted by atomic mass is 16.5. The number of carbonyl (C=O) groups is 1. The van der Waals surface area contributed by atoms with Gasteiger partial charge in [-0.25, -0.2) is 4.79 Å². The second-order valence-electron chi connectivity index (χ2n) is 4.36. The van der Waals surface area contributed by atoms with Gasteiger partial charge in [0.05, 0.1) is 18.7 Å². The van der Waals surface area contributed by atoms with Gasteiger partial charge in [-0.1, -0.05) is 18.2 Å². The number of rotatable bonds is 4. The maximum Gasteiger partial charge on any atom is 0.411 e. The number of nitrogens with zero attached hydrogens (tertiary/aromatic N) is 1. The highest BCUT2D eigenvalue weighted by Gasteiger charge is 2.01. The average Bonchev–Trinajstić information content (AvgIpc) is 2.53. The quantitative estimate of drug-likeness (QED) is 0.901. The van der Waals surface area contributed by atoms with Crippen molar-refractivity contribution in [2.75, 3.05) is 17.7 Å². The summed E-state index contributed by atoms with van der Waals surface area (Å²) >= 11 is 0. The van der Waals surface area contributed by atoms with Gasteiger partial charge in [-0.3, -0.25) is 5.32 Å². The van der Waals surface area contributed by atoms with E-state index < -0.39 is 6.09 Å². The van der Waals surface area contributed by atoms with Crippen LogP contribution in [-0.2, 0) is 11.3 Å². The fraction of sp³-hybridized carbons (Fsp3) is 0.125. The SMILES string of the molecule is COC(=O)Nc1cccc(NCc2ccc(C#N)cc2)c1. The lowest BCUT2D eigenvalue weighted by Gasteiger charge is -2.09. The van der Waals surface area contributed by atoms with Crippen molar-refractivity contribution in [3.63, 3.8) is 0 Å². The number of hydrogen-bond donors (Lipinski definition) is 2. The van der Waals surface area contributed by atoms with Crippen molar-refractivity contribution in [2.45, 2.75) is 6.54 Å². The summed E-state index contributed by atoms with van der Waals surface area (Å²) in [5.41, 5.74) is 3.25. The zero-order valence-electron chi connectivity index (χ0n) is 11.6. The van der Waals surface area contributed by atoms with E-state index in [1.54, 1.807) is 18.2 Å². The monoisotopic (exact) mass is 281 g/mol. The first-order chi connectivity index (χ1) is 10.2. The van der Waals surface area contributed by atoms with Crippen LogP contribution in [-0.4, -0.2) is 13.2 Å². The van der Waals surface area contributed by atoms with Gasteiger partial charge in [-0.2, -0.15) is 5.26 Å². The molecule has 106 valence electrons. The smallest absolute Gasteiger partial charge is 0.411 e. The Kier molecular flexibility index (Phi) is 4.78. The molecule has 0 aliphatic rings. The zero-order valence-corrected chi connectivity index (χ0v) is 11.6. The van der Waals surface area contributed by atoms with Crippen LogP contribution < -0.4 is 10.6 Å². The molecule has 2 rings (SSSR count). The Balaban J connectivity index is 1.97. The highest BCUT2D eigenvalue weighted by molar-refractivity contribution is 5.85. The van der Waals surface area contributed by atoms with Gasteiger partial charge in [0, 0.05) is 17.9 Å². The summed E-state index contributed by atoms with van der Waals surface area (Å²) in [6.45, 7) is 0.632. The van der Waals surface area contributed by atoms with Gasteiger partial charge in [-0.05, 0) is 35.9 Å². The molecule has 0 atom stereocenters. The first kappa shape index (κ1) is 14.4. The third kappa shape index (κ3) is 4.25. The minimum Gasteiger partial charge on any atom is -0.453 e. The summed E-state index contributed by atoms with van der Waals surface area (Å²) in [7, 11) is 1.32. The van der Waals surface area contributed by atoms with E-state index in [0.717, 1.165) is 11.3 Å². The summed E-state index contributed by atoms with van der Waals surface area (Å²) in [4.78, 5) is 11.2. The fourth-order valence-corrected chi connectivity index (χ4v) is 1.78. The number of carbonyl (C=O) groups excluding carboxylic acids is 1. The molecule has 5 heteroatoms. The lowest BCUT2D eigenvalue weighted by Crippen LogP contribution is -2.11. The third-order valence-electron chi connectivity index (χ3n) is 2.87. The van der Waals surface area contributed by atoms with E-state index in [-0.39, 0.29) is 0 Å². The summed E-state index contributed by atoms with van der Waals surface area (Å²) in [5.74, 6) is 0. The van der Waals surface area contributed by atoms with Crippen molar-refractivity contribution in [1.82, 2.24) is 0 Å². The number of methoxy groups -OCH3 is 1. The Labute approximate surface area is 123 Å². The molecule has 0 unspecified atom stereocenters. The Morgan fingerprint density at radius 3 is 2.57 bits per heavy atom. The number of ether oxygens (including phenoxy) is 1. The number of nitriles is 1. The molecule has 21 heavy (non-hydrogen) atoms. The molecule has 0 spiro atoms. The molecule has 2 N–H and O–H groups in total. The number of amides is 1. The summed E-state index contributed by atoms with van der Waals surface area (Å²) in [6, 6.07) is 16.8. The predicted molar refractivity (Wildman–Crippen MR) is 81.0 cm³/mol. The summed E-state index contributed by atoms with van der Waals surface area (Å²) in [5, 5.41) is 14.6. The maximum atomic E-state index is 11.2. The second kappa shape index (κ2) is 6.96. The Morgan fingerprint density at radius 1 is 1.19 bits per heavy atom. The summed E-state index contributed by atoms with van der Waals surface area (Å²) < 4.78 is 4.55. The van der Waals surface area contributed by atoms with E-state index in [2.05, 4.69) is 21.4 Å². The minimum atomic E-state index is -0.501. The fourth-order valence-electron chi connectivity index (χ4n) is 1.78. The Hall–Kier alpha value is -3.00. The van der Waals surface area contributed by atoms with E-state index >= 15 is 0 Å². The van der Waals surface area contributed by atoms with Gasteiger partial charge in [0.15, 0.2) is 0 Å². The van der Waals surface area contributed by atoms with Crippen LogP contribution in [0.25, 0.3) is 0 Å².